The highest BCUT2D eigenvalue weighted by molar-refractivity contribution is 5.15. The first-order chi connectivity index (χ1) is 8.04. The van der Waals surface area contributed by atoms with Gasteiger partial charge >= 0.3 is 0 Å². The molecule has 0 bridgehead atoms. The van der Waals surface area contributed by atoms with E-state index in [1.807, 2.05) is 18.7 Å². The van der Waals surface area contributed by atoms with Gasteiger partial charge in [0.25, 0.3) is 0 Å². The fourth-order valence-corrected chi connectivity index (χ4v) is 2.82. The first-order valence-electron chi connectivity index (χ1n) is 6.45. The Hall–Kier alpha value is -1.30. The molecule has 0 saturated heterocycles. The molecule has 0 unspecified atom stereocenters. The quantitative estimate of drug-likeness (QED) is 0.785. The number of hydrogen-bond donors (Lipinski definition) is 0. The van der Waals surface area contributed by atoms with Gasteiger partial charge in [-0.15, -0.1) is 0 Å². The molecule has 1 saturated carbocycles. The first kappa shape index (κ1) is 12.2. The summed E-state index contributed by atoms with van der Waals surface area (Å²) in [6.45, 7) is 4.29. The highest BCUT2D eigenvalue weighted by atomic mass is 15.3. The first-order valence-corrected chi connectivity index (χ1v) is 6.45. The molecule has 1 heterocycles. The summed E-state index contributed by atoms with van der Waals surface area (Å²) in [4.78, 5) is 0. The molecule has 2 rings (SSSR count). The van der Waals surface area contributed by atoms with Crippen LogP contribution in [0.4, 0.5) is 0 Å². The molecule has 1 aromatic heterocycles. The Morgan fingerprint density at radius 2 is 2.18 bits per heavy atom. The third-order valence-corrected chi connectivity index (χ3v) is 4.09. The van der Waals surface area contributed by atoms with Gasteiger partial charge in [-0.3, -0.25) is 4.68 Å². The third-order valence-electron chi connectivity index (χ3n) is 4.09. The summed E-state index contributed by atoms with van der Waals surface area (Å²) >= 11 is 0. The van der Waals surface area contributed by atoms with Crippen LogP contribution >= 0.6 is 0 Å². The van der Waals surface area contributed by atoms with Crippen molar-refractivity contribution < 1.29 is 0 Å². The van der Waals surface area contributed by atoms with Crippen LogP contribution in [0, 0.1) is 29.6 Å². The van der Waals surface area contributed by atoms with Crippen molar-refractivity contribution in [3.8, 4) is 6.07 Å². The molecule has 0 aliphatic heterocycles. The minimum atomic E-state index is -0.146. The summed E-state index contributed by atoms with van der Waals surface area (Å²) in [6.07, 6.45) is 5.30. The van der Waals surface area contributed by atoms with Crippen LogP contribution < -0.4 is 0 Å². The minimum absolute atomic E-state index is 0.146. The fourth-order valence-electron chi connectivity index (χ4n) is 2.82. The van der Waals surface area contributed by atoms with Crippen LogP contribution in [0.2, 0.25) is 0 Å². The molecule has 0 atom stereocenters. The van der Waals surface area contributed by atoms with Gasteiger partial charge in [-0.25, -0.2) is 0 Å². The number of aryl methyl sites for hydroxylation is 2. The van der Waals surface area contributed by atoms with Gasteiger partial charge in [0, 0.05) is 19.2 Å². The Morgan fingerprint density at radius 3 is 2.65 bits per heavy atom. The van der Waals surface area contributed by atoms with Crippen molar-refractivity contribution >= 4 is 0 Å². The van der Waals surface area contributed by atoms with Crippen LogP contribution in [-0.4, -0.2) is 9.78 Å². The van der Waals surface area contributed by atoms with Gasteiger partial charge in [-0.2, -0.15) is 10.4 Å². The van der Waals surface area contributed by atoms with E-state index in [9.17, 15) is 5.26 Å². The van der Waals surface area contributed by atoms with Crippen LogP contribution in [0.1, 0.15) is 44.0 Å². The lowest BCUT2D eigenvalue weighted by molar-refractivity contribution is 0.215. The van der Waals surface area contributed by atoms with E-state index < -0.39 is 0 Å². The van der Waals surface area contributed by atoms with Crippen molar-refractivity contribution in [3.05, 3.63) is 17.5 Å². The number of rotatable bonds is 2. The average Bonchev–Trinajstić information content (AvgIpc) is 2.61. The molecular weight excluding hydrogens is 210 g/mol. The van der Waals surface area contributed by atoms with Crippen molar-refractivity contribution in [2.24, 2.45) is 18.4 Å². The van der Waals surface area contributed by atoms with Gasteiger partial charge in [0.2, 0.25) is 0 Å². The molecule has 0 spiro atoms. The standard InChI is InChI=1S/C14H21N3/c1-11-4-6-14(10-15,7-5-11)9-13-8-12(2)16-17(13)3/h8,11H,4-7,9H2,1-3H3. The van der Waals surface area contributed by atoms with Crippen molar-refractivity contribution in [1.29, 1.82) is 5.26 Å². The zero-order valence-electron chi connectivity index (χ0n) is 11.0. The van der Waals surface area contributed by atoms with E-state index >= 15 is 0 Å². The maximum absolute atomic E-state index is 9.51. The minimum Gasteiger partial charge on any atom is -0.272 e. The number of nitriles is 1. The van der Waals surface area contributed by atoms with Gasteiger partial charge in [-0.1, -0.05) is 6.92 Å². The predicted octanol–water partition coefficient (Wildman–Crippen LogP) is 2.99. The zero-order valence-corrected chi connectivity index (χ0v) is 11.0. The van der Waals surface area contributed by atoms with E-state index in [0.29, 0.717) is 0 Å². The second-order valence-corrected chi connectivity index (χ2v) is 5.65. The van der Waals surface area contributed by atoms with E-state index in [0.717, 1.165) is 30.9 Å². The van der Waals surface area contributed by atoms with E-state index in [1.165, 1.54) is 18.5 Å². The molecule has 0 radical (unpaired) electrons. The Balaban J connectivity index is 2.15. The van der Waals surface area contributed by atoms with E-state index in [2.05, 4.69) is 24.2 Å². The smallest absolute Gasteiger partial charge is 0.0693 e. The largest absolute Gasteiger partial charge is 0.272 e. The molecule has 1 fully saturated rings. The maximum Gasteiger partial charge on any atom is 0.0693 e. The fraction of sp³-hybridized carbons (Fsp3) is 0.714. The van der Waals surface area contributed by atoms with Crippen molar-refractivity contribution in [2.75, 3.05) is 0 Å². The molecule has 3 nitrogen and oxygen atoms in total. The summed E-state index contributed by atoms with van der Waals surface area (Å²) in [5.41, 5.74) is 2.09. The molecule has 0 amide bonds. The Labute approximate surface area is 103 Å². The van der Waals surface area contributed by atoms with Crippen LogP contribution in [0.5, 0.6) is 0 Å². The normalized spacial score (nSPS) is 28.9. The van der Waals surface area contributed by atoms with Gasteiger partial charge in [0.1, 0.15) is 0 Å². The van der Waals surface area contributed by atoms with E-state index in [1.54, 1.807) is 0 Å². The third kappa shape index (κ3) is 2.52. The SMILES string of the molecule is Cc1cc(CC2(C#N)CCC(C)CC2)n(C)n1. The summed E-state index contributed by atoms with van der Waals surface area (Å²) in [7, 11) is 1.97. The van der Waals surface area contributed by atoms with E-state index in [-0.39, 0.29) is 5.41 Å². The maximum atomic E-state index is 9.51. The second kappa shape index (κ2) is 4.52. The lowest BCUT2D eigenvalue weighted by atomic mass is 9.69. The number of hydrogen-bond acceptors (Lipinski definition) is 2. The molecule has 1 aromatic rings. The molecule has 92 valence electrons. The van der Waals surface area contributed by atoms with Gasteiger partial charge in [0.05, 0.1) is 17.2 Å². The molecule has 1 aliphatic rings. The lowest BCUT2D eigenvalue weighted by Gasteiger charge is -2.33. The van der Waals surface area contributed by atoms with Crippen molar-refractivity contribution in [3.63, 3.8) is 0 Å². The monoisotopic (exact) mass is 231 g/mol. The zero-order chi connectivity index (χ0) is 12.5. The molecule has 3 heteroatoms. The van der Waals surface area contributed by atoms with Gasteiger partial charge < -0.3 is 0 Å². The number of aromatic nitrogens is 2. The lowest BCUT2D eigenvalue weighted by Crippen LogP contribution is -2.28. The highest BCUT2D eigenvalue weighted by Gasteiger charge is 2.35. The van der Waals surface area contributed by atoms with Crippen LogP contribution in [0.25, 0.3) is 0 Å². The second-order valence-electron chi connectivity index (χ2n) is 5.65. The van der Waals surface area contributed by atoms with E-state index in [4.69, 9.17) is 0 Å². The van der Waals surface area contributed by atoms with Crippen LogP contribution in [0.15, 0.2) is 6.07 Å². The Morgan fingerprint density at radius 1 is 1.53 bits per heavy atom. The van der Waals surface area contributed by atoms with Gasteiger partial charge in [0.15, 0.2) is 0 Å². The van der Waals surface area contributed by atoms with Crippen molar-refractivity contribution in [2.45, 2.75) is 46.0 Å². The summed E-state index contributed by atoms with van der Waals surface area (Å²) < 4.78 is 1.92. The summed E-state index contributed by atoms with van der Waals surface area (Å²) in [5.74, 6) is 0.782. The van der Waals surface area contributed by atoms with Crippen LogP contribution in [-0.2, 0) is 13.5 Å². The predicted molar refractivity (Wildman–Crippen MR) is 67.3 cm³/mol. The summed E-state index contributed by atoms with van der Waals surface area (Å²) in [6, 6.07) is 4.69. The molecule has 17 heavy (non-hydrogen) atoms. The number of nitrogens with zero attached hydrogens (tertiary/aromatic N) is 3. The topological polar surface area (TPSA) is 41.6 Å². The molecule has 0 N–H and O–H groups in total. The Kier molecular flexibility index (Phi) is 3.24. The van der Waals surface area contributed by atoms with Crippen molar-refractivity contribution in [1.82, 2.24) is 9.78 Å². The highest BCUT2D eigenvalue weighted by Crippen LogP contribution is 2.40. The van der Waals surface area contributed by atoms with Gasteiger partial charge in [-0.05, 0) is 44.6 Å². The average molecular weight is 231 g/mol. The Bertz CT molecular complexity index is 431. The molecular formula is C14H21N3. The molecule has 1 aliphatic carbocycles. The van der Waals surface area contributed by atoms with Crippen LogP contribution in [0.3, 0.4) is 0 Å². The summed E-state index contributed by atoms with van der Waals surface area (Å²) in [5, 5.41) is 13.9. The molecule has 0 aromatic carbocycles.